The van der Waals surface area contributed by atoms with Crippen LogP contribution in [0.2, 0.25) is 0 Å². The third-order valence-corrected chi connectivity index (χ3v) is 4.04. The van der Waals surface area contributed by atoms with Crippen LogP contribution in [-0.4, -0.2) is 42.3 Å². The monoisotopic (exact) mass is 330 g/mol. The first-order valence-electron chi connectivity index (χ1n) is 7.03. The van der Waals surface area contributed by atoms with Gasteiger partial charge < -0.3 is 9.64 Å². The molecule has 1 heterocycles. The second-order valence-electron chi connectivity index (χ2n) is 5.10. The molecule has 1 amide bonds. The number of hydrogen-bond acceptors (Lipinski definition) is 5. The van der Waals surface area contributed by atoms with Crippen LogP contribution in [0.3, 0.4) is 0 Å². The van der Waals surface area contributed by atoms with Crippen LogP contribution in [0.15, 0.2) is 35.9 Å². The summed E-state index contributed by atoms with van der Waals surface area (Å²) in [6, 6.07) is 6.80. The lowest BCUT2D eigenvalue weighted by atomic mass is 10.1. The van der Waals surface area contributed by atoms with Crippen LogP contribution in [0, 0.1) is 6.92 Å². The number of ketones is 1. The molecule has 0 radical (unpaired) electrons. The fourth-order valence-electron chi connectivity index (χ4n) is 1.73. The standard InChI is InChI=1S/C17H18N2O3S/c1-12-16(23-11-18-12)8-7-15(20)13-5-4-6-14(9-13)22-10-17(21)19(2)3/h4-9,11H,10H2,1-3H3/b8-7+. The molecule has 6 heteroatoms. The number of carbonyl (C=O) groups is 2. The van der Waals surface area contributed by atoms with Crippen LogP contribution < -0.4 is 4.74 Å². The number of ether oxygens (including phenoxy) is 1. The number of thiazole rings is 1. The largest absolute Gasteiger partial charge is 0.484 e. The van der Waals surface area contributed by atoms with Crippen molar-refractivity contribution >= 4 is 29.1 Å². The van der Waals surface area contributed by atoms with Crippen molar-refractivity contribution in [2.75, 3.05) is 20.7 Å². The highest BCUT2D eigenvalue weighted by Gasteiger charge is 2.07. The molecule has 23 heavy (non-hydrogen) atoms. The average Bonchev–Trinajstić information content (AvgIpc) is 2.95. The summed E-state index contributed by atoms with van der Waals surface area (Å²) in [5.74, 6) is 0.234. The molecule has 0 saturated heterocycles. The second kappa shape index (κ2) is 7.69. The van der Waals surface area contributed by atoms with Gasteiger partial charge in [-0.3, -0.25) is 9.59 Å². The molecule has 0 aliphatic rings. The number of aryl methyl sites for hydroxylation is 1. The second-order valence-corrected chi connectivity index (χ2v) is 5.99. The van der Waals surface area contributed by atoms with E-state index in [1.54, 1.807) is 49.9 Å². The maximum atomic E-state index is 12.2. The first-order chi connectivity index (χ1) is 11.0. The van der Waals surface area contributed by atoms with E-state index >= 15 is 0 Å². The van der Waals surface area contributed by atoms with Crippen molar-refractivity contribution in [1.29, 1.82) is 0 Å². The first kappa shape index (κ1) is 16.9. The van der Waals surface area contributed by atoms with Crippen LogP contribution in [0.25, 0.3) is 6.08 Å². The molecule has 0 unspecified atom stereocenters. The van der Waals surface area contributed by atoms with Gasteiger partial charge in [-0.25, -0.2) is 4.98 Å². The van der Waals surface area contributed by atoms with E-state index in [2.05, 4.69) is 4.98 Å². The smallest absolute Gasteiger partial charge is 0.259 e. The molecule has 1 aromatic carbocycles. The molecule has 0 atom stereocenters. The fourth-order valence-corrected chi connectivity index (χ4v) is 2.43. The lowest BCUT2D eigenvalue weighted by molar-refractivity contribution is -0.130. The predicted octanol–water partition coefficient (Wildman–Crippen LogP) is 2.81. The minimum Gasteiger partial charge on any atom is -0.484 e. The zero-order valence-electron chi connectivity index (χ0n) is 13.3. The number of allylic oxidation sites excluding steroid dienone is 1. The van der Waals surface area contributed by atoms with Crippen molar-refractivity contribution in [2.45, 2.75) is 6.92 Å². The van der Waals surface area contributed by atoms with Crippen LogP contribution in [0.5, 0.6) is 5.75 Å². The van der Waals surface area contributed by atoms with Crippen molar-refractivity contribution in [1.82, 2.24) is 9.88 Å². The maximum absolute atomic E-state index is 12.2. The summed E-state index contributed by atoms with van der Waals surface area (Å²) in [5, 5.41) is 0. The van der Waals surface area contributed by atoms with E-state index in [-0.39, 0.29) is 18.3 Å². The Kier molecular flexibility index (Phi) is 5.65. The van der Waals surface area contributed by atoms with Crippen molar-refractivity contribution in [2.24, 2.45) is 0 Å². The topological polar surface area (TPSA) is 59.5 Å². The summed E-state index contributed by atoms with van der Waals surface area (Å²) in [5.41, 5.74) is 3.16. The SMILES string of the molecule is Cc1ncsc1/C=C/C(=O)c1cccc(OCC(=O)N(C)C)c1. The predicted molar refractivity (Wildman–Crippen MR) is 90.8 cm³/mol. The highest BCUT2D eigenvalue weighted by atomic mass is 32.1. The van der Waals surface area contributed by atoms with E-state index in [9.17, 15) is 9.59 Å². The van der Waals surface area contributed by atoms with Crippen molar-refractivity contribution in [3.8, 4) is 5.75 Å². The van der Waals surface area contributed by atoms with Gasteiger partial charge in [0, 0.05) is 24.5 Å². The van der Waals surface area contributed by atoms with Gasteiger partial charge in [-0.15, -0.1) is 11.3 Å². The third kappa shape index (κ3) is 4.75. The van der Waals surface area contributed by atoms with E-state index in [0.717, 1.165) is 10.6 Å². The quantitative estimate of drug-likeness (QED) is 0.604. The molecule has 0 aliphatic carbocycles. The van der Waals surface area contributed by atoms with Gasteiger partial charge >= 0.3 is 0 Å². The number of rotatable bonds is 6. The first-order valence-corrected chi connectivity index (χ1v) is 7.91. The van der Waals surface area contributed by atoms with Gasteiger partial charge in [-0.1, -0.05) is 12.1 Å². The lowest BCUT2D eigenvalue weighted by Gasteiger charge is -2.11. The van der Waals surface area contributed by atoms with E-state index < -0.39 is 0 Å². The Morgan fingerprint density at radius 3 is 2.78 bits per heavy atom. The normalized spacial score (nSPS) is 10.7. The van der Waals surface area contributed by atoms with Gasteiger partial charge in [0.25, 0.3) is 5.91 Å². The molecule has 0 bridgehead atoms. The summed E-state index contributed by atoms with van der Waals surface area (Å²) >= 11 is 1.49. The van der Waals surface area contributed by atoms with Gasteiger partial charge in [-0.05, 0) is 31.2 Å². The zero-order chi connectivity index (χ0) is 16.8. The van der Waals surface area contributed by atoms with Crippen molar-refractivity contribution in [3.63, 3.8) is 0 Å². The van der Waals surface area contributed by atoms with Gasteiger partial charge in [0.15, 0.2) is 12.4 Å². The summed E-state index contributed by atoms with van der Waals surface area (Å²) in [4.78, 5) is 30.3. The van der Waals surface area contributed by atoms with Crippen LogP contribution in [-0.2, 0) is 4.79 Å². The Morgan fingerprint density at radius 2 is 2.13 bits per heavy atom. The number of likely N-dealkylation sites (N-methyl/N-ethyl adjacent to an activating group) is 1. The number of hydrogen-bond donors (Lipinski definition) is 0. The number of carbonyl (C=O) groups excluding carboxylic acids is 2. The molecule has 5 nitrogen and oxygen atoms in total. The van der Waals surface area contributed by atoms with E-state index in [4.69, 9.17) is 4.74 Å². The van der Waals surface area contributed by atoms with E-state index in [1.807, 2.05) is 6.92 Å². The van der Waals surface area contributed by atoms with Crippen LogP contribution in [0.1, 0.15) is 20.9 Å². The van der Waals surface area contributed by atoms with Gasteiger partial charge in [0.1, 0.15) is 5.75 Å². The van der Waals surface area contributed by atoms with E-state index in [0.29, 0.717) is 11.3 Å². The Morgan fingerprint density at radius 1 is 1.35 bits per heavy atom. The summed E-state index contributed by atoms with van der Waals surface area (Å²) in [6.45, 7) is 1.84. The maximum Gasteiger partial charge on any atom is 0.259 e. The molecule has 2 aromatic rings. The average molecular weight is 330 g/mol. The fraction of sp³-hybridized carbons (Fsp3) is 0.235. The van der Waals surface area contributed by atoms with Gasteiger partial charge in [-0.2, -0.15) is 0 Å². The lowest BCUT2D eigenvalue weighted by Crippen LogP contribution is -2.27. The Hall–Kier alpha value is -2.47. The number of nitrogens with zero attached hydrogens (tertiary/aromatic N) is 2. The molecule has 0 saturated carbocycles. The highest BCUT2D eigenvalue weighted by Crippen LogP contribution is 2.17. The molecule has 0 aliphatic heterocycles. The Labute approximate surface area is 139 Å². The Balaban J connectivity index is 2.04. The van der Waals surface area contributed by atoms with Gasteiger partial charge in [0.05, 0.1) is 11.2 Å². The highest BCUT2D eigenvalue weighted by molar-refractivity contribution is 7.10. The minimum absolute atomic E-state index is 0.0550. The summed E-state index contributed by atoms with van der Waals surface area (Å²) < 4.78 is 5.41. The molecule has 0 N–H and O–H groups in total. The van der Waals surface area contributed by atoms with Crippen molar-refractivity contribution in [3.05, 3.63) is 52.0 Å². The number of benzene rings is 1. The third-order valence-electron chi connectivity index (χ3n) is 3.15. The number of aromatic nitrogens is 1. The van der Waals surface area contributed by atoms with Crippen LogP contribution in [0.4, 0.5) is 0 Å². The molecule has 2 rings (SSSR count). The summed E-state index contributed by atoms with van der Waals surface area (Å²) in [6.07, 6.45) is 3.28. The molecular weight excluding hydrogens is 312 g/mol. The zero-order valence-corrected chi connectivity index (χ0v) is 14.1. The van der Waals surface area contributed by atoms with Gasteiger partial charge in [0.2, 0.25) is 0 Å². The summed E-state index contributed by atoms with van der Waals surface area (Å²) in [7, 11) is 3.33. The minimum atomic E-state index is -0.137. The van der Waals surface area contributed by atoms with Crippen molar-refractivity contribution < 1.29 is 14.3 Å². The number of amides is 1. The van der Waals surface area contributed by atoms with Crippen LogP contribution >= 0.6 is 11.3 Å². The molecule has 0 spiro atoms. The Bertz CT molecular complexity index is 735. The molecular formula is C17H18N2O3S. The van der Waals surface area contributed by atoms with E-state index in [1.165, 1.54) is 22.3 Å². The molecule has 120 valence electrons. The molecule has 0 fully saturated rings. The molecule has 1 aromatic heterocycles.